The molecule has 2 atom stereocenters. The fourth-order valence-electron chi connectivity index (χ4n) is 3.74. The molecule has 20 heavy (non-hydrogen) atoms. The lowest BCUT2D eigenvalue weighted by molar-refractivity contribution is -0.138. The van der Waals surface area contributed by atoms with Gasteiger partial charge in [-0.25, -0.2) is 0 Å². The normalized spacial score (nSPS) is 35.0. The molecule has 2 saturated heterocycles. The van der Waals surface area contributed by atoms with Crippen LogP contribution in [0.4, 0.5) is 0 Å². The van der Waals surface area contributed by atoms with E-state index in [0.29, 0.717) is 12.5 Å². The van der Waals surface area contributed by atoms with E-state index < -0.39 is 0 Å². The smallest absolute Gasteiger partial charge is 0.243 e. The Balaban J connectivity index is 1.64. The number of hydrogen-bond donors (Lipinski definition) is 1. The van der Waals surface area contributed by atoms with E-state index in [1.54, 1.807) is 11.8 Å². The molecule has 112 valence electrons. The van der Waals surface area contributed by atoms with Crippen LogP contribution >= 0.6 is 11.8 Å². The van der Waals surface area contributed by atoms with Crippen molar-refractivity contribution in [3.8, 4) is 0 Å². The predicted octanol–water partition coefficient (Wildman–Crippen LogP) is 2.28. The zero-order valence-electron chi connectivity index (χ0n) is 12.2. The summed E-state index contributed by atoms with van der Waals surface area (Å²) in [6.45, 7) is 2.10. The minimum absolute atomic E-state index is 0.0726. The van der Waals surface area contributed by atoms with Crippen molar-refractivity contribution >= 4 is 23.6 Å². The number of nitrogens with one attached hydrogen (secondary N) is 1. The Bertz CT molecular complexity index is 407. The summed E-state index contributed by atoms with van der Waals surface area (Å²) < 4.78 is 0. The first kappa shape index (κ1) is 14.2. The van der Waals surface area contributed by atoms with Crippen molar-refractivity contribution in [3.05, 3.63) is 0 Å². The molecule has 0 radical (unpaired) electrons. The second-order valence-electron chi connectivity index (χ2n) is 6.46. The molecule has 5 heteroatoms. The molecule has 2 aliphatic heterocycles. The van der Waals surface area contributed by atoms with Gasteiger partial charge in [0.15, 0.2) is 0 Å². The summed E-state index contributed by atoms with van der Waals surface area (Å²) in [4.78, 5) is 26.3. The van der Waals surface area contributed by atoms with Gasteiger partial charge in [-0.1, -0.05) is 25.7 Å². The molecule has 0 aromatic heterocycles. The molecule has 3 rings (SSSR count). The van der Waals surface area contributed by atoms with Gasteiger partial charge < -0.3 is 10.2 Å². The van der Waals surface area contributed by atoms with Crippen molar-refractivity contribution in [1.29, 1.82) is 0 Å². The van der Waals surface area contributed by atoms with E-state index in [-0.39, 0.29) is 22.7 Å². The Hall–Kier alpha value is -0.710. The Morgan fingerprint density at radius 3 is 2.70 bits per heavy atom. The van der Waals surface area contributed by atoms with E-state index in [4.69, 9.17) is 0 Å². The summed E-state index contributed by atoms with van der Waals surface area (Å²) in [6.07, 6.45) is 8.66. The van der Waals surface area contributed by atoms with Crippen LogP contribution in [-0.4, -0.2) is 39.4 Å². The first-order valence-corrected chi connectivity index (χ1v) is 8.85. The molecule has 0 spiro atoms. The van der Waals surface area contributed by atoms with E-state index in [1.807, 2.05) is 4.90 Å². The molecule has 3 fully saturated rings. The quantitative estimate of drug-likeness (QED) is 0.795. The number of thioether (sulfide) groups is 1. The van der Waals surface area contributed by atoms with Crippen LogP contribution in [0.15, 0.2) is 0 Å². The topological polar surface area (TPSA) is 49.4 Å². The van der Waals surface area contributed by atoms with Crippen molar-refractivity contribution in [3.63, 3.8) is 0 Å². The lowest BCUT2D eigenvalue weighted by Crippen LogP contribution is -2.52. The highest BCUT2D eigenvalue weighted by molar-refractivity contribution is 8.01. The van der Waals surface area contributed by atoms with Gasteiger partial charge in [-0.3, -0.25) is 9.59 Å². The van der Waals surface area contributed by atoms with Crippen molar-refractivity contribution in [2.24, 2.45) is 0 Å². The second kappa shape index (κ2) is 5.58. The van der Waals surface area contributed by atoms with Crippen molar-refractivity contribution in [2.75, 3.05) is 5.75 Å². The lowest BCUT2D eigenvalue weighted by atomic mass is 10.1. The number of fused-ring (bicyclic) bond motifs is 1. The van der Waals surface area contributed by atoms with E-state index in [9.17, 15) is 9.59 Å². The predicted molar refractivity (Wildman–Crippen MR) is 80.4 cm³/mol. The maximum absolute atomic E-state index is 12.5. The van der Waals surface area contributed by atoms with E-state index in [1.165, 1.54) is 25.7 Å². The van der Waals surface area contributed by atoms with Crippen LogP contribution in [0.25, 0.3) is 0 Å². The molecule has 0 aromatic rings. The Morgan fingerprint density at radius 2 is 2.00 bits per heavy atom. The third-order valence-electron chi connectivity index (χ3n) is 4.95. The molecule has 1 saturated carbocycles. The molecule has 2 unspecified atom stereocenters. The molecule has 4 nitrogen and oxygen atoms in total. The summed E-state index contributed by atoms with van der Waals surface area (Å²) in [6, 6.07) is 0.0721. The van der Waals surface area contributed by atoms with Crippen LogP contribution in [0.1, 0.15) is 58.3 Å². The number of nitrogens with zero attached hydrogens (tertiary/aromatic N) is 1. The monoisotopic (exact) mass is 296 g/mol. The largest absolute Gasteiger partial charge is 0.352 e. The Morgan fingerprint density at radius 1 is 1.30 bits per heavy atom. The number of carbonyl (C=O) groups is 2. The molecule has 1 N–H and O–H groups in total. The van der Waals surface area contributed by atoms with Gasteiger partial charge in [0.1, 0.15) is 6.04 Å². The highest BCUT2D eigenvalue weighted by Crippen LogP contribution is 2.47. The van der Waals surface area contributed by atoms with Crippen molar-refractivity contribution in [1.82, 2.24) is 10.2 Å². The summed E-state index contributed by atoms with van der Waals surface area (Å²) in [5.74, 6) is 0.975. The van der Waals surface area contributed by atoms with Gasteiger partial charge in [-0.2, -0.15) is 0 Å². The Labute approximate surface area is 125 Å². The maximum Gasteiger partial charge on any atom is 0.243 e. The fraction of sp³-hybridized carbons (Fsp3) is 0.867. The van der Waals surface area contributed by atoms with Gasteiger partial charge in [0, 0.05) is 18.2 Å². The zero-order chi connectivity index (χ0) is 14.2. The minimum Gasteiger partial charge on any atom is -0.352 e. The SMILES string of the molecule is CC12CCC(=O)N1C(C(=O)NC1CCCCCC1)CS2. The number of rotatable bonds is 2. The van der Waals surface area contributed by atoms with E-state index in [2.05, 4.69) is 12.2 Å². The molecule has 3 aliphatic rings. The average molecular weight is 296 g/mol. The standard InChI is InChI=1S/C15H24N2O2S/c1-15-9-8-13(18)17(15)12(10-20-15)14(19)16-11-6-4-2-3-5-7-11/h11-12H,2-10H2,1H3,(H,16,19). The second-order valence-corrected chi connectivity index (χ2v) is 7.96. The van der Waals surface area contributed by atoms with Crippen LogP contribution in [0.2, 0.25) is 0 Å². The highest BCUT2D eigenvalue weighted by atomic mass is 32.2. The van der Waals surface area contributed by atoms with Gasteiger partial charge in [0.25, 0.3) is 0 Å². The van der Waals surface area contributed by atoms with Gasteiger partial charge in [-0.15, -0.1) is 11.8 Å². The molecule has 2 amide bonds. The number of amides is 2. The van der Waals surface area contributed by atoms with Gasteiger partial charge in [0.2, 0.25) is 11.8 Å². The lowest BCUT2D eigenvalue weighted by Gasteiger charge is -2.30. The maximum atomic E-state index is 12.5. The third kappa shape index (κ3) is 2.57. The third-order valence-corrected chi connectivity index (χ3v) is 6.45. The average Bonchev–Trinajstić information content (AvgIpc) is 2.77. The van der Waals surface area contributed by atoms with E-state index in [0.717, 1.165) is 25.0 Å². The van der Waals surface area contributed by atoms with Crippen LogP contribution in [0.3, 0.4) is 0 Å². The first-order valence-electron chi connectivity index (χ1n) is 7.87. The van der Waals surface area contributed by atoms with Crippen LogP contribution < -0.4 is 5.32 Å². The summed E-state index contributed by atoms with van der Waals surface area (Å²) in [5.41, 5.74) is 0. The summed E-state index contributed by atoms with van der Waals surface area (Å²) >= 11 is 1.77. The molecule has 2 heterocycles. The number of carbonyl (C=O) groups excluding carboxylic acids is 2. The highest BCUT2D eigenvalue weighted by Gasteiger charge is 2.52. The van der Waals surface area contributed by atoms with Crippen LogP contribution in [0.5, 0.6) is 0 Å². The Kier molecular flexibility index (Phi) is 3.98. The van der Waals surface area contributed by atoms with E-state index >= 15 is 0 Å². The van der Waals surface area contributed by atoms with Crippen molar-refractivity contribution < 1.29 is 9.59 Å². The minimum atomic E-state index is -0.247. The molecular weight excluding hydrogens is 272 g/mol. The van der Waals surface area contributed by atoms with Crippen LogP contribution in [-0.2, 0) is 9.59 Å². The fourth-order valence-corrected chi connectivity index (χ4v) is 5.17. The molecule has 1 aliphatic carbocycles. The van der Waals surface area contributed by atoms with Gasteiger partial charge >= 0.3 is 0 Å². The molecule has 0 bridgehead atoms. The summed E-state index contributed by atoms with van der Waals surface area (Å²) in [7, 11) is 0. The summed E-state index contributed by atoms with van der Waals surface area (Å²) in [5, 5.41) is 3.21. The molecular formula is C15H24N2O2S. The van der Waals surface area contributed by atoms with Crippen LogP contribution in [0, 0.1) is 0 Å². The molecule has 0 aromatic carbocycles. The first-order chi connectivity index (χ1) is 9.60. The van der Waals surface area contributed by atoms with Gasteiger partial charge in [0.05, 0.1) is 4.87 Å². The zero-order valence-corrected chi connectivity index (χ0v) is 13.0. The number of hydrogen-bond acceptors (Lipinski definition) is 3. The van der Waals surface area contributed by atoms with Crippen molar-refractivity contribution in [2.45, 2.75) is 75.2 Å². The van der Waals surface area contributed by atoms with Gasteiger partial charge in [-0.05, 0) is 26.2 Å².